The number of benzene rings is 2. The van der Waals surface area contributed by atoms with Crippen molar-refractivity contribution in [3.05, 3.63) is 75.5 Å². The van der Waals surface area contributed by atoms with Crippen LogP contribution in [0.3, 0.4) is 0 Å². The van der Waals surface area contributed by atoms with Gasteiger partial charge in [-0.3, -0.25) is 0 Å². The summed E-state index contributed by atoms with van der Waals surface area (Å²) >= 11 is 13.0. The van der Waals surface area contributed by atoms with Crippen LogP contribution in [0.15, 0.2) is 53.1 Å². The zero-order valence-corrected chi connectivity index (χ0v) is 21.7. The fourth-order valence-electron chi connectivity index (χ4n) is 5.94. The van der Waals surface area contributed by atoms with Crippen LogP contribution in [0.5, 0.6) is 0 Å². The molecule has 0 unspecified atom stereocenters. The van der Waals surface area contributed by atoms with Gasteiger partial charge in [0.25, 0.3) is 0 Å². The Kier molecular flexibility index (Phi) is 7.36. The third-order valence-electron chi connectivity index (χ3n) is 7.85. The fraction of sp³-hybridized carbons (Fsp3) is 0.483. The molecule has 0 spiro atoms. The van der Waals surface area contributed by atoms with Crippen molar-refractivity contribution in [2.24, 2.45) is 11.8 Å². The highest BCUT2D eigenvalue weighted by molar-refractivity contribution is 6.39. The Morgan fingerprint density at radius 3 is 2.25 bits per heavy atom. The Hall–Kier alpha value is -1.89. The van der Waals surface area contributed by atoms with E-state index in [-0.39, 0.29) is 12.2 Å². The molecule has 3 fully saturated rings. The van der Waals surface area contributed by atoms with Crippen molar-refractivity contribution in [2.75, 3.05) is 6.79 Å². The molecule has 5 nitrogen and oxygen atoms in total. The van der Waals surface area contributed by atoms with Gasteiger partial charge in [0, 0.05) is 17.0 Å². The fourth-order valence-corrected chi connectivity index (χ4v) is 6.51. The Balaban J connectivity index is 1.07. The van der Waals surface area contributed by atoms with Gasteiger partial charge in [0.15, 0.2) is 0 Å². The number of hydrogen-bond acceptors (Lipinski definition) is 5. The van der Waals surface area contributed by atoms with Crippen molar-refractivity contribution in [2.45, 2.75) is 69.9 Å². The van der Waals surface area contributed by atoms with E-state index in [2.05, 4.69) is 17.3 Å². The summed E-state index contributed by atoms with van der Waals surface area (Å²) < 4.78 is 24.3. The number of ether oxygens (including phenoxy) is 3. The second-order valence-corrected chi connectivity index (χ2v) is 11.1. The van der Waals surface area contributed by atoms with E-state index in [4.69, 9.17) is 41.9 Å². The molecule has 36 heavy (non-hydrogen) atoms. The van der Waals surface area contributed by atoms with E-state index in [1.54, 1.807) is 0 Å². The minimum Gasteiger partial charge on any atom is -0.373 e. The van der Waals surface area contributed by atoms with E-state index in [1.165, 1.54) is 12.8 Å². The zero-order chi connectivity index (χ0) is 24.5. The highest BCUT2D eigenvalue weighted by atomic mass is 35.5. The number of fused-ring (bicyclic) bond motifs is 2. The lowest BCUT2D eigenvalue weighted by molar-refractivity contribution is -0.142. The monoisotopic (exact) mass is 527 g/mol. The quantitative estimate of drug-likeness (QED) is 0.199. The van der Waals surface area contributed by atoms with Crippen molar-refractivity contribution in [3.63, 3.8) is 0 Å². The topological polar surface area (TPSA) is 53.7 Å². The number of aromatic nitrogens is 1. The highest BCUT2D eigenvalue weighted by Gasteiger charge is 2.44. The smallest absolute Gasteiger partial charge is 0.147 e. The van der Waals surface area contributed by atoms with Crippen LogP contribution in [-0.2, 0) is 27.4 Å². The molecule has 3 aliphatic rings. The predicted octanol–water partition coefficient (Wildman–Crippen LogP) is 7.79. The molecule has 2 bridgehead atoms. The maximum absolute atomic E-state index is 6.53. The van der Waals surface area contributed by atoms with Gasteiger partial charge in [-0.25, -0.2) is 0 Å². The second-order valence-electron chi connectivity index (χ2n) is 10.3. The molecule has 0 amide bonds. The summed E-state index contributed by atoms with van der Waals surface area (Å²) in [4.78, 5) is 0. The van der Waals surface area contributed by atoms with Crippen LogP contribution in [0.4, 0.5) is 0 Å². The molecule has 3 aliphatic carbocycles. The molecule has 0 N–H and O–H groups in total. The van der Waals surface area contributed by atoms with Crippen molar-refractivity contribution >= 4 is 23.2 Å². The lowest BCUT2D eigenvalue weighted by Crippen LogP contribution is -2.37. The summed E-state index contributed by atoms with van der Waals surface area (Å²) in [6.45, 7) is 1.38. The minimum absolute atomic E-state index is 0.198. The van der Waals surface area contributed by atoms with Crippen LogP contribution >= 0.6 is 23.2 Å². The number of hydrogen-bond donors (Lipinski definition) is 0. The summed E-state index contributed by atoms with van der Waals surface area (Å²) in [6, 6.07) is 15.7. The van der Waals surface area contributed by atoms with Gasteiger partial charge >= 0.3 is 0 Å². The molecule has 0 radical (unpaired) electrons. The highest BCUT2D eigenvalue weighted by Crippen LogP contribution is 2.48. The van der Waals surface area contributed by atoms with E-state index >= 15 is 0 Å². The molecule has 2 aromatic carbocycles. The van der Waals surface area contributed by atoms with E-state index in [9.17, 15) is 0 Å². The summed E-state index contributed by atoms with van der Waals surface area (Å²) in [7, 11) is 0. The summed E-state index contributed by atoms with van der Waals surface area (Å²) in [5.41, 5.74) is 3.59. The average Bonchev–Trinajstić information content (AvgIpc) is 3.60. The molecule has 4 atom stereocenters. The van der Waals surface area contributed by atoms with E-state index in [0.29, 0.717) is 53.5 Å². The molecule has 7 heteroatoms. The van der Waals surface area contributed by atoms with Crippen LogP contribution in [-0.4, -0.2) is 24.2 Å². The largest absolute Gasteiger partial charge is 0.373 e. The summed E-state index contributed by atoms with van der Waals surface area (Å²) in [5, 5.41) is 5.54. The molecular formula is C29H31Cl2NO4. The third kappa shape index (κ3) is 5.23. The van der Waals surface area contributed by atoms with Gasteiger partial charge in [0.2, 0.25) is 0 Å². The Morgan fingerprint density at radius 2 is 1.56 bits per heavy atom. The Morgan fingerprint density at radius 1 is 0.833 bits per heavy atom. The van der Waals surface area contributed by atoms with Gasteiger partial charge < -0.3 is 18.7 Å². The van der Waals surface area contributed by atoms with Crippen LogP contribution in [0.1, 0.15) is 61.3 Å². The molecular weight excluding hydrogens is 497 g/mol. The molecule has 6 rings (SSSR count). The zero-order valence-electron chi connectivity index (χ0n) is 20.2. The summed E-state index contributed by atoms with van der Waals surface area (Å²) in [5.74, 6) is 2.37. The Labute approximate surface area is 222 Å². The van der Waals surface area contributed by atoms with E-state index in [1.807, 2.05) is 36.4 Å². The van der Waals surface area contributed by atoms with Crippen molar-refractivity contribution in [3.8, 4) is 11.3 Å². The van der Waals surface area contributed by atoms with Crippen LogP contribution in [0.25, 0.3) is 11.3 Å². The lowest BCUT2D eigenvalue weighted by Gasteiger charge is -2.35. The third-order valence-corrected chi connectivity index (χ3v) is 8.48. The predicted molar refractivity (Wildman–Crippen MR) is 139 cm³/mol. The van der Waals surface area contributed by atoms with Crippen LogP contribution < -0.4 is 0 Å². The number of nitrogens with zero attached hydrogens (tertiary/aromatic N) is 1. The van der Waals surface area contributed by atoms with Crippen LogP contribution in [0, 0.1) is 11.8 Å². The van der Waals surface area contributed by atoms with Gasteiger partial charge in [-0.15, -0.1) is 0 Å². The van der Waals surface area contributed by atoms with Crippen molar-refractivity contribution in [1.82, 2.24) is 5.16 Å². The minimum atomic E-state index is 0.198. The molecule has 1 aromatic heterocycles. The molecule has 1 heterocycles. The van der Waals surface area contributed by atoms with Crippen molar-refractivity contribution in [1.29, 1.82) is 0 Å². The SMILES string of the molecule is Clc1cccc(Cl)c1-c1noc(C2CC2)c1CO[C@@H]1C[C@H]2CC[C@@H](C1)[C@@H]2OCOCc1ccccc1. The van der Waals surface area contributed by atoms with Crippen LogP contribution in [0.2, 0.25) is 10.0 Å². The maximum atomic E-state index is 6.53. The standard InChI is InChI=1S/C29H31Cl2NO4/c30-24-7-4-8-25(31)26(24)27-23(29(36-32-27)19-9-10-19)16-34-22-13-20-11-12-21(14-22)28(20)35-17-33-15-18-5-2-1-3-6-18/h1-8,19-22,28H,9-17H2/t20-,21+,22-,28-. The number of halogens is 2. The maximum Gasteiger partial charge on any atom is 0.147 e. The second kappa shape index (κ2) is 10.8. The normalized spacial score (nSPS) is 25.4. The molecule has 0 saturated heterocycles. The number of rotatable bonds is 10. The first kappa shape index (κ1) is 24.4. The molecule has 0 aliphatic heterocycles. The molecule has 3 aromatic rings. The van der Waals surface area contributed by atoms with Gasteiger partial charge in [-0.1, -0.05) is 64.8 Å². The first-order valence-electron chi connectivity index (χ1n) is 12.9. The van der Waals surface area contributed by atoms with Crippen molar-refractivity contribution < 1.29 is 18.7 Å². The molecule has 3 saturated carbocycles. The van der Waals surface area contributed by atoms with Gasteiger partial charge in [-0.2, -0.15) is 0 Å². The average molecular weight is 528 g/mol. The summed E-state index contributed by atoms with van der Waals surface area (Å²) in [6.07, 6.45) is 7.09. The van der Waals surface area contributed by atoms with E-state index in [0.717, 1.165) is 48.1 Å². The lowest BCUT2D eigenvalue weighted by atomic mass is 9.84. The van der Waals surface area contributed by atoms with Gasteiger partial charge in [-0.05, 0) is 68.1 Å². The first-order chi connectivity index (χ1) is 17.7. The Bertz CT molecular complexity index is 1150. The van der Waals surface area contributed by atoms with Gasteiger partial charge in [0.1, 0.15) is 18.2 Å². The van der Waals surface area contributed by atoms with E-state index < -0.39 is 0 Å². The molecule has 190 valence electrons. The first-order valence-corrected chi connectivity index (χ1v) is 13.7. The van der Waals surface area contributed by atoms with Gasteiger partial charge in [0.05, 0.1) is 35.5 Å².